The number of carbonyl (C=O) groups is 1. The minimum atomic E-state index is 0.595. The van der Waals surface area contributed by atoms with Gasteiger partial charge in [-0.25, -0.2) is 0 Å². The van der Waals surface area contributed by atoms with Gasteiger partial charge in [-0.3, -0.25) is 4.79 Å². The Morgan fingerprint density at radius 3 is 2.76 bits per heavy atom. The first-order valence-corrected chi connectivity index (χ1v) is 5.73. The lowest BCUT2D eigenvalue weighted by atomic mass is 10.1. The first kappa shape index (κ1) is 11.4. The predicted octanol–water partition coefficient (Wildman–Crippen LogP) is 3.11. The van der Waals surface area contributed by atoms with Crippen molar-refractivity contribution < 1.29 is 9.53 Å². The maximum absolute atomic E-state index is 11.0. The van der Waals surface area contributed by atoms with Crippen LogP contribution in [0.1, 0.15) is 15.2 Å². The van der Waals surface area contributed by atoms with Gasteiger partial charge in [0.05, 0.1) is 7.11 Å². The van der Waals surface area contributed by atoms with E-state index in [0.717, 1.165) is 16.7 Å². The van der Waals surface area contributed by atoms with Crippen molar-refractivity contribution in [2.75, 3.05) is 7.11 Å². The zero-order valence-corrected chi connectivity index (χ0v) is 9.95. The molecule has 0 atom stereocenters. The summed E-state index contributed by atoms with van der Waals surface area (Å²) in [5, 5.41) is 8.79. The lowest BCUT2D eigenvalue weighted by Gasteiger charge is -2.05. The molecule has 0 amide bonds. The second kappa shape index (κ2) is 4.81. The van der Waals surface area contributed by atoms with Crippen LogP contribution in [-0.4, -0.2) is 13.4 Å². The van der Waals surface area contributed by atoms with E-state index in [1.165, 1.54) is 11.3 Å². The van der Waals surface area contributed by atoms with Crippen molar-refractivity contribution in [2.45, 2.75) is 0 Å². The van der Waals surface area contributed by atoms with Gasteiger partial charge in [-0.05, 0) is 30.3 Å². The topological polar surface area (TPSA) is 50.1 Å². The van der Waals surface area contributed by atoms with Crippen molar-refractivity contribution in [2.24, 2.45) is 0 Å². The molecule has 0 aliphatic heterocycles. The first-order chi connectivity index (χ1) is 8.28. The Kier molecular flexibility index (Phi) is 3.22. The molecule has 3 nitrogen and oxygen atoms in total. The Bertz CT molecular complexity index is 596. The summed E-state index contributed by atoms with van der Waals surface area (Å²) in [6, 6.07) is 10.9. The molecule has 1 aromatic heterocycles. The highest BCUT2D eigenvalue weighted by molar-refractivity contribution is 7.16. The summed E-state index contributed by atoms with van der Waals surface area (Å²) < 4.78 is 5.13. The van der Waals surface area contributed by atoms with Gasteiger partial charge < -0.3 is 4.74 Å². The minimum absolute atomic E-state index is 0.595. The Morgan fingerprint density at radius 2 is 2.18 bits per heavy atom. The van der Waals surface area contributed by atoms with Crippen LogP contribution in [0, 0.1) is 11.3 Å². The van der Waals surface area contributed by atoms with E-state index < -0.39 is 0 Å². The number of nitriles is 1. The Morgan fingerprint density at radius 1 is 1.35 bits per heavy atom. The molecular formula is C13H9NO2S. The molecule has 2 aromatic rings. The van der Waals surface area contributed by atoms with E-state index in [1.807, 2.05) is 6.07 Å². The van der Waals surface area contributed by atoms with Gasteiger partial charge >= 0.3 is 0 Å². The summed E-state index contributed by atoms with van der Waals surface area (Å²) in [6.07, 6.45) is 0.806. The van der Waals surface area contributed by atoms with E-state index >= 15 is 0 Å². The second-order valence-corrected chi connectivity index (χ2v) is 4.43. The Hall–Kier alpha value is -2.12. The number of ether oxygens (including phenoxy) is 1. The second-order valence-electron chi connectivity index (χ2n) is 3.35. The molecule has 0 saturated carbocycles. The van der Waals surface area contributed by atoms with Crippen LogP contribution >= 0.6 is 11.3 Å². The lowest BCUT2D eigenvalue weighted by Crippen LogP contribution is -1.88. The van der Waals surface area contributed by atoms with Crippen LogP contribution in [0.2, 0.25) is 0 Å². The SMILES string of the molecule is COc1ccc(C=O)c(-c2ccc(C#N)s2)c1. The summed E-state index contributed by atoms with van der Waals surface area (Å²) in [7, 11) is 1.58. The molecule has 84 valence electrons. The molecule has 17 heavy (non-hydrogen) atoms. The average molecular weight is 243 g/mol. The molecule has 0 saturated heterocycles. The van der Waals surface area contributed by atoms with Crippen molar-refractivity contribution in [1.29, 1.82) is 5.26 Å². The van der Waals surface area contributed by atoms with E-state index in [-0.39, 0.29) is 0 Å². The summed E-state index contributed by atoms with van der Waals surface area (Å²) in [5.41, 5.74) is 1.39. The largest absolute Gasteiger partial charge is 0.497 e. The number of hydrogen-bond donors (Lipinski definition) is 0. The molecule has 2 rings (SSSR count). The third kappa shape index (κ3) is 2.19. The van der Waals surface area contributed by atoms with E-state index in [4.69, 9.17) is 10.00 Å². The molecule has 4 heteroatoms. The molecule has 1 heterocycles. The summed E-state index contributed by atoms with van der Waals surface area (Å²) in [6.45, 7) is 0. The van der Waals surface area contributed by atoms with Crippen molar-refractivity contribution in [3.8, 4) is 22.3 Å². The van der Waals surface area contributed by atoms with Gasteiger partial charge in [-0.15, -0.1) is 11.3 Å². The number of methoxy groups -OCH3 is 1. The van der Waals surface area contributed by atoms with E-state index in [2.05, 4.69) is 6.07 Å². The average Bonchev–Trinajstić information content (AvgIpc) is 2.86. The highest BCUT2D eigenvalue weighted by atomic mass is 32.1. The normalized spacial score (nSPS) is 9.65. The molecule has 0 unspecified atom stereocenters. The van der Waals surface area contributed by atoms with Gasteiger partial charge in [0.1, 0.15) is 16.7 Å². The predicted molar refractivity (Wildman–Crippen MR) is 66.4 cm³/mol. The van der Waals surface area contributed by atoms with Gasteiger partial charge in [0, 0.05) is 16.0 Å². The van der Waals surface area contributed by atoms with E-state index in [9.17, 15) is 4.79 Å². The number of rotatable bonds is 3. The number of hydrogen-bond acceptors (Lipinski definition) is 4. The van der Waals surface area contributed by atoms with Gasteiger partial charge in [-0.2, -0.15) is 5.26 Å². The van der Waals surface area contributed by atoms with Crippen LogP contribution < -0.4 is 4.74 Å². The summed E-state index contributed by atoms with van der Waals surface area (Å²) in [4.78, 5) is 12.5. The molecule has 0 N–H and O–H groups in total. The van der Waals surface area contributed by atoms with Crippen molar-refractivity contribution >= 4 is 17.6 Å². The molecule has 0 aliphatic carbocycles. The van der Waals surface area contributed by atoms with Gasteiger partial charge in [0.2, 0.25) is 0 Å². The zero-order chi connectivity index (χ0) is 12.3. The Balaban J connectivity index is 2.56. The van der Waals surface area contributed by atoms with Crippen LogP contribution in [-0.2, 0) is 0 Å². The molecule has 1 aromatic carbocycles. The zero-order valence-electron chi connectivity index (χ0n) is 9.14. The number of benzene rings is 1. The van der Waals surface area contributed by atoms with Crippen molar-refractivity contribution in [1.82, 2.24) is 0 Å². The molecule has 0 spiro atoms. The smallest absolute Gasteiger partial charge is 0.150 e. The summed E-state index contributed by atoms with van der Waals surface area (Å²) >= 11 is 1.36. The highest BCUT2D eigenvalue weighted by Crippen LogP contribution is 2.32. The molecular weight excluding hydrogens is 234 g/mol. The molecule has 0 fully saturated rings. The monoisotopic (exact) mass is 243 g/mol. The fourth-order valence-corrected chi connectivity index (χ4v) is 2.36. The van der Waals surface area contributed by atoms with Gasteiger partial charge in [-0.1, -0.05) is 0 Å². The van der Waals surface area contributed by atoms with Crippen LogP contribution in [0.3, 0.4) is 0 Å². The third-order valence-electron chi connectivity index (χ3n) is 2.37. The van der Waals surface area contributed by atoms with Gasteiger partial charge in [0.15, 0.2) is 6.29 Å². The number of carbonyl (C=O) groups excluding carboxylic acids is 1. The quantitative estimate of drug-likeness (QED) is 0.778. The fourth-order valence-electron chi connectivity index (χ4n) is 1.52. The first-order valence-electron chi connectivity index (χ1n) is 4.92. The van der Waals surface area contributed by atoms with Gasteiger partial charge in [0.25, 0.3) is 0 Å². The number of aldehydes is 1. The van der Waals surface area contributed by atoms with E-state index in [1.54, 1.807) is 31.4 Å². The number of thiophene rings is 1. The van der Waals surface area contributed by atoms with Crippen LogP contribution in [0.5, 0.6) is 5.75 Å². The third-order valence-corrected chi connectivity index (χ3v) is 3.39. The molecule has 0 radical (unpaired) electrons. The standard InChI is InChI=1S/C13H9NO2S/c1-16-10-3-2-9(8-15)12(6-10)13-5-4-11(7-14)17-13/h2-6,8H,1H3. The highest BCUT2D eigenvalue weighted by Gasteiger charge is 2.09. The van der Waals surface area contributed by atoms with Crippen molar-refractivity contribution in [3.63, 3.8) is 0 Å². The number of nitrogens with zero attached hydrogens (tertiary/aromatic N) is 1. The lowest BCUT2D eigenvalue weighted by molar-refractivity contribution is 0.112. The maximum Gasteiger partial charge on any atom is 0.150 e. The Labute approximate surface area is 103 Å². The fraction of sp³-hybridized carbons (Fsp3) is 0.0769. The van der Waals surface area contributed by atoms with Crippen molar-refractivity contribution in [3.05, 3.63) is 40.8 Å². The maximum atomic E-state index is 11.0. The van der Waals surface area contributed by atoms with Crippen LogP contribution in [0.15, 0.2) is 30.3 Å². The summed E-state index contributed by atoms with van der Waals surface area (Å²) in [5.74, 6) is 0.692. The molecule has 0 aliphatic rings. The van der Waals surface area contributed by atoms with E-state index in [0.29, 0.717) is 16.2 Å². The van der Waals surface area contributed by atoms with Crippen LogP contribution in [0.4, 0.5) is 0 Å². The van der Waals surface area contributed by atoms with Crippen LogP contribution in [0.25, 0.3) is 10.4 Å². The molecule has 0 bridgehead atoms. The minimum Gasteiger partial charge on any atom is -0.497 e.